The molecule has 0 fully saturated rings. The molecule has 0 saturated heterocycles. The number of hydrogen-bond acceptors (Lipinski definition) is 5. The number of nitrogens with one attached hydrogen (secondary N) is 1. The molecule has 0 unspecified atom stereocenters. The van der Waals surface area contributed by atoms with Gasteiger partial charge in [-0.15, -0.1) is 0 Å². The smallest absolute Gasteiger partial charge is 0.184 e. The van der Waals surface area contributed by atoms with Gasteiger partial charge in [0.1, 0.15) is 12.4 Å². The molecule has 0 amide bonds. The number of aliphatic hydroxyl groups excluding tert-OH is 1. The second-order valence-electron chi connectivity index (χ2n) is 4.27. The van der Waals surface area contributed by atoms with Crippen LogP contribution in [0.25, 0.3) is 0 Å². The van der Waals surface area contributed by atoms with Crippen molar-refractivity contribution in [2.75, 3.05) is 32.8 Å². The van der Waals surface area contributed by atoms with Gasteiger partial charge in [-0.2, -0.15) is 0 Å². The van der Waals surface area contributed by atoms with Crippen LogP contribution in [0.3, 0.4) is 0 Å². The standard InChI is InChI=1S/C16H19NO4/c1-19-15-8-4-7-14(16(15)20-2)17-12-5-3-6-13(11-12)21-10-9-18/h3-8,11,17-18H,9-10H2,1-2H3. The van der Waals surface area contributed by atoms with Gasteiger partial charge in [0.15, 0.2) is 11.5 Å². The molecule has 2 aromatic rings. The molecule has 0 heterocycles. The Kier molecular flexibility index (Phi) is 5.29. The molecule has 21 heavy (non-hydrogen) atoms. The first-order chi connectivity index (χ1) is 10.3. The quantitative estimate of drug-likeness (QED) is 0.820. The number of anilines is 2. The minimum atomic E-state index is -0.0125. The van der Waals surface area contributed by atoms with Crippen LogP contribution < -0.4 is 19.5 Å². The maximum absolute atomic E-state index is 8.79. The van der Waals surface area contributed by atoms with E-state index in [4.69, 9.17) is 19.3 Å². The Morgan fingerprint density at radius 2 is 1.86 bits per heavy atom. The van der Waals surface area contributed by atoms with E-state index in [-0.39, 0.29) is 13.2 Å². The first-order valence-corrected chi connectivity index (χ1v) is 6.60. The van der Waals surface area contributed by atoms with E-state index in [2.05, 4.69) is 5.32 Å². The van der Waals surface area contributed by atoms with E-state index < -0.39 is 0 Å². The molecule has 2 N–H and O–H groups in total. The molecular formula is C16H19NO4. The van der Waals surface area contributed by atoms with Crippen LogP contribution in [-0.4, -0.2) is 32.5 Å². The van der Waals surface area contributed by atoms with Gasteiger partial charge < -0.3 is 24.6 Å². The van der Waals surface area contributed by atoms with E-state index in [1.807, 2.05) is 42.5 Å². The molecule has 0 atom stereocenters. The molecule has 0 bridgehead atoms. The zero-order chi connectivity index (χ0) is 15.1. The van der Waals surface area contributed by atoms with E-state index in [1.165, 1.54) is 0 Å². The lowest BCUT2D eigenvalue weighted by atomic mass is 10.2. The van der Waals surface area contributed by atoms with Crippen LogP contribution in [0, 0.1) is 0 Å². The predicted molar refractivity (Wildman–Crippen MR) is 81.9 cm³/mol. The zero-order valence-electron chi connectivity index (χ0n) is 12.1. The van der Waals surface area contributed by atoms with Crippen molar-refractivity contribution in [1.29, 1.82) is 0 Å². The number of benzene rings is 2. The highest BCUT2D eigenvalue weighted by molar-refractivity contribution is 5.70. The number of hydrogen-bond donors (Lipinski definition) is 2. The summed E-state index contributed by atoms with van der Waals surface area (Å²) < 4.78 is 16.0. The van der Waals surface area contributed by atoms with Crippen molar-refractivity contribution in [3.05, 3.63) is 42.5 Å². The Morgan fingerprint density at radius 1 is 1.05 bits per heavy atom. The predicted octanol–water partition coefficient (Wildman–Crippen LogP) is 2.82. The van der Waals surface area contributed by atoms with Crippen molar-refractivity contribution in [2.24, 2.45) is 0 Å². The van der Waals surface area contributed by atoms with E-state index in [9.17, 15) is 0 Å². The molecule has 0 radical (unpaired) electrons. The fourth-order valence-corrected chi connectivity index (χ4v) is 1.97. The summed E-state index contributed by atoms with van der Waals surface area (Å²) in [5.41, 5.74) is 1.66. The molecule has 5 heteroatoms. The Labute approximate surface area is 124 Å². The maximum Gasteiger partial charge on any atom is 0.184 e. The van der Waals surface area contributed by atoms with E-state index in [0.29, 0.717) is 17.2 Å². The average Bonchev–Trinajstić information content (AvgIpc) is 2.53. The third-order valence-corrected chi connectivity index (χ3v) is 2.88. The summed E-state index contributed by atoms with van der Waals surface area (Å²) in [5, 5.41) is 12.1. The van der Waals surface area contributed by atoms with Crippen LogP contribution in [0.4, 0.5) is 11.4 Å². The third kappa shape index (κ3) is 3.79. The van der Waals surface area contributed by atoms with Crippen molar-refractivity contribution in [2.45, 2.75) is 0 Å². The van der Waals surface area contributed by atoms with E-state index in [0.717, 1.165) is 11.4 Å². The molecule has 0 aliphatic carbocycles. The lowest BCUT2D eigenvalue weighted by Crippen LogP contribution is -2.02. The second kappa shape index (κ2) is 7.40. The highest BCUT2D eigenvalue weighted by Gasteiger charge is 2.09. The van der Waals surface area contributed by atoms with Gasteiger partial charge in [0.05, 0.1) is 26.5 Å². The second-order valence-corrected chi connectivity index (χ2v) is 4.27. The van der Waals surface area contributed by atoms with Crippen molar-refractivity contribution in [3.8, 4) is 17.2 Å². The minimum absolute atomic E-state index is 0.0125. The normalized spacial score (nSPS) is 10.0. The minimum Gasteiger partial charge on any atom is -0.493 e. The molecule has 0 aliphatic heterocycles. The van der Waals surface area contributed by atoms with Crippen LogP contribution >= 0.6 is 0 Å². The first kappa shape index (κ1) is 15.0. The van der Waals surface area contributed by atoms with E-state index >= 15 is 0 Å². The fourth-order valence-electron chi connectivity index (χ4n) is 1.97. The molecule has 2 rings (SSSR count). The number of rotatable bonds is 7. The van der Waals surface area contributed by atoms with Crippen molar-refractivity contribution >= 4 is 11.4 Å². The summed E-state index contributed by atoms with van der Waals surface area (Å²) >= 11 is 0. The van der Waals surface area contributed by atoms with Gasteiger partial charge in [-0.3, -0.25) is 0 Å². The van der Waals surface area contributed by atoms with Gasteiger partial charge in [0, 0.05) is 11.8 Å². The van der Waals surface area contributed by atoms with E-state index in [1.54, 1.807) is 14.2 Å². The topological polar surface area (TPSA) is 60.0 Å². The van der Waals surface area contributed by atoms with Gasteiger partial charge in [0.25, 0.3) is 0 Å². The largest absolute Gasteiger partial charge is 0.493 e. The number of methoxy groups -OCH3 is 2. The van der Waals surface area contributed by atoms with Crippen LogP contribution in [0.1, 0.15) is 0 Å². The fraction of sp³-hybridized carbons (Fsp3) is 0.250. The van der Waals surface area contributed by atoms with Gasteiger partial charge in [0.2, 0.25) is 0 Å². The Balaban J connectivity index is 2.22. The third-order valence-electron chi connectivity index (χ3n) is 2.88. The summed E-state index contributed by atoms with van der Waals surface area (Å²) in [6.07, 6.45) is 0. The molecule has 0 saturated carbocycles. The average molecular weight is 289 g/mol. The SMILES string of the molecule is COc1cccc(Nc2cccc(OCCO)c2)c1OC. The lowest BCUT2D eigenvalue weighted by Gasteiger charge is -2.14. The summed E-state index contributed by atoms with van der Waals surface area (Å²) in [6.45, 7) is 0.257. The maximum atomic E-state index is 8.79. The Bertz CT molecular complexity index is 586. The van der Waals surface area contributed by atoms with Gasteiger partial charge in [-0.25, -0.2) is 0 Å². The molecular weight excluding hydrogens is 270 g/mol. The van der Waals surface area contributed by atoms with Crippen LogP contribution in [-0.2, 0) is 0 Å². The summed E-state index contributed by atoms with van der Waals surface area (Å²) in [6, 6.07) is 13.1. The number of para-hydroxylation sites is 1. The van der Waals surface area contributed by atoms with Gasteiger partial charge >= 0.3 is 0 Å². The molecule has 112 valence electrons. The highest BCUT2D eigenvalue weighted by Crippen LogP contribution is 2.36. The molecule has 0 aromatic heterocycles. The Hall–Kier alpha value is -2.40. The van der Waals surface area contributed by atoms with Crippen LogP contribution in [0.2, 0.25) is 0 Å². The number of ether oxygens (including phenoxy) is 3. The summed E-state index contributed by atoms with van der Waals surface area (Å²) in [4.78, 5) is 0. The van der Waals surface area contributed by atoms with Gasteiger partial charge in [-0.05, 0) is 24.3 Å². The van der Waals surface area contributed by atoms with Crippen LogP contribution in [0.15, 0.2) is 42.5 Å². The van der Waals surface area contributed by atoms with Gasteiger partial charge in [-0.1, -0.05) is 12.1 Å². The molecule has 2 aromatic carbocycles. The van der Waals surface area contributed by atoms with Crippen molar-refractivity contribution in [3.63, 3.8) is 0 Å². The first-order valence-electron chi connectivity index (χ1n) is 6.60. The highest BCUT2D eigenvalue weighted by atomic mass is 16.5. The summed E-state index contributed by atoms with van der Waals surface area (Å²) in [7, 11) is 3.20. The zero-order valence-corrected chi connectivity index (χ0v) is 12.1. The summed E-state index contributed by atoms with van der Waals surface area (Å²) in [5.74, 6) is 1.99. The molecule has 0 spiro atoms. The molecule has 5 nitrogen and oxygen atoms in total. The van der Waals surface area contributed by atoms with Crippen LogP contribution in [0.5, 0.6) is 17.2 Å². The monoisotopic (exact) mass is 289 g/mol. The number of aliphatic hydroxyl groups is 1. The molecule has 0 aliphatic rings. The van der Waals surface area contributed by atoms with Crippen molar-refractivity contribution in [1.82, 2.24) is 0 Å². The van der Waals surface area contributed by atoms with Crippen molar-refractivity contribution < 1.29 is 19.3 Å². The Morgan fingerprint density at radius 3 is 2.57 bits per heavy atom. The lowest BCUT2D eigenvalue weighted by molar-refractivity contribution is 0.201.